The minimum Gasteiger partial charge on any atom is -0.450 e. The molecule has 2 aliphatic heterocycles. The lowest BCUT2D eigenvalue weighted by atomic mass is 10.4. The Hall–Kier alpha value is -2.11. The molecule has 0 aliphatic carbocycles. The van der Waals surface area contributed by atoms with Crippen molar-refractivity contribution in [3.8, 4) is 18.4 Å². The minimum atomic E-state index is 0.134. The first-order valence-corrected chi connectivity index (χ1v) is 7.34. The average Bonchev–Trinajstić information content (AvgIpc) is 2.61. The van der Waals surface area contributed by atoms with Gasteiger partial charge >= 0.3 is 6.01 Å². The number of anilines is 2. The van der Waals surface area contributed by atoms with Crippen LogP contribution in [0.15, 0.2) is 0 Å². The molecule has 0 amide bonds. The van der Waals surface area contributed by atoms with E-state index < -0.39 is 0 Å². The fourth-order valence-electron chi connectivity index (χ4n) is 2.32. The summed E-state index contributed by atoms with van der Waals surface area (Å²) in [7, 11) is 0. The maximum Gasteiger partial charge on any atom is 0.324 e. The summed E-state index contributed by atoms with van der Waals surface area (Å²) in [6.45, 7) is 5.80. The van der Waals surface area contributed by atoms with Gasteiger partial charge in [0.25, 0.3) is 0 Å². The number of ether oxygens (including phenoxy) is 3. The van der Waals surface area contributed by atoms with Crippen LogP contribution in [0.3, 0.4) is 0 Å². The molecule has 2 aliphatic rings. The molecule has 22 heavy (non-hydrogen) atoms. The zero-order valence-corrected chi connectivity index (χ0v) is 12.4. The van der Waals surface area contributed by atoms with Crippen molar-refractivity contribution in [3.05, 3.63) is 0 Å². The molecule has 0 bridgehead atoms. The van der Waals surface area contributed by atoms with E-state index in [1.165, 1.54) is 0 Å². The third-order valence-electron chi connectivity index (χ3n) is 3.46. The molecule has 0 aromatic carbocycles. The standard InChI is InChI=1S/C14H19N5O3/c1-2-7-22-14-16-12(18-3-8-20-9-4-18)15-13(17-14)19-5-10-21-11-6-19/h1H,3-11H2. The van der Waals surface area contributed by atoms with E-state index in [-0.39, 0.29) is 12.6 Å². The fourth-order valence-corrected chi connectivity index (χ4v) is 2.32. The van der Waals surface area contributed by atoms with E-state index in [0.717, 1.165) is 26.2 Å². The molecule has 1 aromatic heterocycles. The summed E-state index contributed by atoms with van der Waals surface area (Å²) in [6, 6.07) is 0.260. The van der Waals surface area contributed by atoms with E-state index in [1.54, 1.807) is 0 Å². The van der Waals surface area contributed by atoms with Gasteiger partial charge in [-0.2, -0.15) is 15.0 Å². The number of hydrogen-bond acceptors (Lipinski definition) is 8. The van der Waals surface area contributed by atoms with Gasteiger partial charge in [0, 0.05) is 26.2 Å². The summed E-state index contributed by atoms with van der Waals surface area (Å²) >= 11 is 0. The number of terminal acetylenes is 1. The number of nitrogens with zero attached hydrogens (tertiary/aromatic N) is 5. The molecule has 3 rings (SSSR count). The Morgan fingerprint density at radius 1 is 0.909 bits per heavy atom. The summed E-state index contributed by atoms with van der Waals surface area (Å²) in [5, 5.41) is 0. The van der Waals surface area contributed by atoms with Crippen LogP contribution >= 0.6 is 0 Å². The van der Waals surface area contributed by atoms with E-state index >= 15 is 0 Å². The number of aromatic nitrogens is 3. The second-order valence-electron chi connectivity index (χ2n) is 4.91. The molecule has 2 fully saturated rings. The van der Waals surface area contributed by atoms with Crippen molar-refractivity contribution >= 4 is 11.9 Å². The fraction of sp³-hybridized carbons (Fsp3) is 0.643. The van der Waals surface area contributed by atoms with Crippen LogP contribution in [0.1, 0.15) is 0 Å². The second kappa shape index (κ2) is 7.24. The Morgan fingerprint density at radius 3 is 1.86 bits per heavy atom. The quantitative estimate of drug-likeness (QED) is 0.693. The summed E-state index contributed by atoms with van der Waals surface area (Å²) in [5.41, 5.74) is 0. The van der Waals surface area contributed by atoms with Crippen molar-refractivity contribution in [1.29, 1.82) is 0 Å². The van der Waals surface area contributed by atoms with E-state index in [0.29, 0.717) is 38.3 Å². The average molecular weight is 305 g/mol. The summed E-state index contributed by atoms with van der Waals surface area (Å²) in [4.78, 5) is 17.4. The minimum absolute atomic E-state index is 0.134. The normalized spacial score (nSPS) is 18.9. The van der Waals surface area contributed by atoms with Crippen LogP contribution < -0.4 is 14.5 Å². The maximum absolute atomic E-state index is 5.40. The molecule has 0 atom stereocenters. The van der Waals surface area contributed by atoms with Crippen molar-refractivity contribution in [2.45, 2.75) is 0 Å². The zero-order valence-electron chi connectivity index (χ0n) is 12.4. The van der Waals surface area contributed by atoms with Gasteiger partial charge in [-0.25, -0.2) is 0 Å². The van der Waals surface area contributed by atoms with Gasteiger partial charge in [0.1, 0.15) is 0 Å². The lowest BCUT2D eigenvalue weighted by Gasteiger charge is -2.30. The molecular weight excluding hydrogens is 286 g/mol. The molecule has 3 heterocycles. The Bertz CT molecular complexity index is 500. The summed E-state index contributed by atoms with van der Waals surface area (Å²) < 4.78 is 16.1. The largest absolute Gasteiger partial charge is 0.450 e. The third-order valence-corrected chi connectivity index (χ3v) is 3.46. The van der Waals surface area contributed by atoms with Gasteiger partial charge in [-0.05, 0) is 0 Å². The van der Waals surface area contributed by atoms with Crippen molar-refractivity contribution < 1.29 is 14.2 Å². The van der Waals surface area contributed by atoms with Gasteiger partial charge < -0.3 is 24.0 Å². The Morgan fingerprint density at radius 2 is 1.41 bits per heavy atom. The highest BCUT2D eigenvalue weighted by Gasteiger charge is 2.21. The van der Waals surface area contributed by atoms with Crippen LogP contribution in [-0.4, -0.2) is 74.2 Å². The first-order chi connectivity index (χ1) is 10.9. The molecule has 0 unspecified atom stereocenters. The predicted molar refractivity (Wildman–Crippen MR) is 80.2 cm³/mol. The SMILES string of the molecule is C#CCOc1nc(N2CCOCC2)nc(N2CCOCC2)n1. The van der Waals surface area contributed by atoms with Crippen LogP contribution in [0.5, 0.6) is 6.01 Å². The Kier molecular flexibility index (Phi) is 4.88. The lowest BCUT2D eigenvalue weighted by Crippen LogP contribution is -2.40. The van der Waals surface area contributed by atoms with E-state index in [4.69, 9.17) is 20.6 Å². The van der Waals surface area contributed by atoms with Crippen molar-refractivity contribution in [2.24, 2.45) is 0 Å². The Labute approximate surface area is 129 Å². The van der Waals surface area contributed by atoms with Gasteiger partial charge in [0.15, 0.2) is 6.61 Å². The predicted octanol–water partition coefficient (Wildman–Crippen LogP) is -0.443. The van der Waals surface area contributed by atoms with Crippen LogP contribution in [-0.2, 0) is 9.47 Å². The Balaban J connectivity index is 1.85. The van der Waals surface area contributed by atoms with Crippen molar-refractivity contribution in [2.75, 3.05) is 69.0 Å². The topological polar surface area (TPSA) is 72.8 Å². The number of morpholine rings is 2. The summed E-state index contributed by atoms with van der Waals surface area (Å²) in [6.07, 6.45) is 5.24. The van der Waals surface area contributed by atoms with Crippen LogP contribution in [0.4, 0.5) is 11.9 Å². The van der Waals surface area contributed by atoms with Crippen LogP contribution in [0.2, 0.25) is 0 Å². The first-order valence-electron chi connectivity index (χ1n) is 7.34. The first kappa shape index (κ1) is 14.8. The van der Waals surface area contributed by atoms with E-state index in [9.17, 15) is 0 Å². The van der Waals surface area contributed by atoms with Gasteiger partial charge in [-0.15, -0.1) is 6.42 Å². The highest BCUT2D eigenvalue weighted by atomic mass is 16.5. The van der Waals surface area contributed by atoms with Crippen LogP contribution in [0, 0.1) is 12.3 Å². The van der Waals surface area contributed by atoms with E-state index in [2.05, 4.69) is 30.7 Å². The number of rotatable bonds is 4. The van der Waals surface area contributed by atoms with Gasteiger partial charge in [0.05, 0.1) is 26.4 Å². The second-order valence-corrected chi connectivity index (χ2v) is 4.91. The van der Waals surface area contributed by atoms with Crippen molar-refractivity contribution in [1.82, 2.24) is 15.0 Å². The lowest BCUT2D eigenvalue weighted by molar-refractivity contribution is 0.121. The molecule has 118 valence electrons. The van der Waals surface area contributed by atoms with Gasteiger partial charge in [-0.3, -0.25) is 0 Å². The molecule has 0 N–H and O–H groups in total. The zero-order chi connectivity index (χ0) is 15.2. The maximum atomic E-state index is 5.40. The summed E-state index contributed by atoms with van der Waals surface area (Å²) in [5.74, 6) is 3.63. The highest BCUT2D eigenvalue weighted by molar-refractivity contribution is 5.41. The monoisotopic (exact) mass is 305 g/mol. The molecule has 0 spiro atoms. The number of hydrogen-bond donors (Lipinski definition) is 0. The van der Waals surface area contributed by atoms with Gasteiger partial charge in [-0.1, -0.05) is 5.92 Å². The molecular formula is C14H19N5O3. The van der Waals surface area contributed by atoms with Crippen molar-refractivity contribution in [3.63, 3.8) is 0 Å². The highest BCUT2D eigenvalue weighted by Crippen LogP contribution is 2.19. The third kappa shape index (κ3) is 3.55. The molecule has 8 nitrogen and oxygen atoms in total. The molecule has 8 heteroatoms. The molecule has 1 aromatic rings. The van der Waals surface area contributed by atoms with Gasteiger partial charge in [0.2, 0.25) is 11.9 Å². The molecule has 0 radical (unpaired) electrons. The molecule has 0 saturated carbocycles. The molecule has 2 saturated heterocycles. The smallest absolute Gasteiger partial charge is 0.324 e. The van der Waals surface area contributed by atoms with E-state index in [1.807, 2.05) is 0 Å². The van der Waals surface area contributed by atoms with Crippen LogP contribution in [0.25, 0.3) is 0 Å².